The van der Waals surface area contributed by atoms with Gasteiger partial charge in [-0.25, -0.2) is 4.98 Å². The van der Waals surface area contributed by atoms with E-state index in [0.29, 0.717) is 33.1 Å². The van der Waals surface area contributed by atoms with Crippen LogP contribution in [-0.4, -0.2) is 22.8 Å². The van der Waals surface area contributed by atoms with Gasteiger partial charge in [-0.05, 0) is 36.8 Å². The maximum Gasteiger partial charge on any atom is 0.223 e. The van der Waals surface area contributed by atoms with Crippen LogP contribution >= 0.6 is 34.8 Å². The van der Waals surface area contributed by atoms with Crippen molar-refractivity contribution in [2.24, 2.45) is 0 Å². The summed E-state index contributed by atoms with van der Waals surface area (Å²) in [6.45, 7) is 1.92. The van der Waals surface area contributed by atoms with Gasteiger partial charge in [-0.3, -0.25) is 4.79 Å². The number of amides is 1. The highest BCUT2D eigenvalue weighted by Gasteiger charge is 2.20. The number of hydrogen-bond acceptors (Lipinski definition) is 3. The van der Waals surface area contributed by atoms with E-state index in [9.17, 15) is 4.79 Å². The van der Waals surface area contributed by atoms with E-state index < -0.39 is 0 Å². The van der Waals surface area contributed by atoms with Crippen LogP contribution in [0.1, 0.15) is 30.8 Å². The monoisotopic (exact) mass is 436 g/mol. The first kappa shape index (κ1) is 20.7. The van der Waals surface area contributed by atoms with Crippen molar-refractivity contribution in [1.29, 1.82) is 0 Å². The number of hydrogen-bond donors (Lipinski definition) is 0. The molecule has 0 fully saturated rings. The van der Waals surface area contributed by atoms with Gasteiger partial charge in [-0.1, -0.05) is 53.0 Å². The van der Waals surface area contributed by atoms with Crippen molar-refractivity contribution in [3.8, 4) is 11.3 Å². The summed E-state index contributed by atoms with van der Waals surface area (Å²) in [5.74, 6) is 1.05. The SMILES string of the molecule is C[C@H](c1ccc(Cl)cc1Cl)N(C)C(=O)CCc1ncc(-c2ccccc2Cl)o1. The van der Waals surface area contributed by atoms with Crippen molar-refractivity contribution >= 4 is 40.7 Å². The number of carbonyl (C=O) groups is 1. The maximum atomic E-state index is 12.6. The predicted molar refractivity (Wildman–Crippen MR) is 113 cm³/mol. The van der Waals surface area contributed by atoms with Crippen molar-refractivity contribution in [2.45, 2.75) is 25.8 Å². The van der Waals surface area contributed by atoms with E-state index in [1.165, 1.54) is 0 Å². The predicted octanol–water partition coefficient (Wildman–Crippen LogP) is 6.45. The average Bonchev–Trinajstić information content (AvgIpc) is 3.14. The van der Waals surface area contributed by atoms with Crippen LogP contribution in [0.25, 0.3) is 11.3 Å². The molecule has 4 nitrogen and oxygen atoms in total. The van der Waals surface area contributed by atoms with Crippen molar-refractivity contribution in [1.82, 2.24) is 9.88 Å². The molecule has 146 valence electrons. The molecule has 0 bridgehead atoms. The second-order valence-electron chi connectivity index (χ2n) is 6.44. The van der Waals surface area contributed by atoms with E-state index in [1.54, 1.807) is 36.3 Å². The van der Waals surface area contributed by atoms with Gasteiger partial charge < -0.3 is 9.32 Å². The molecule has 1 aromatic heterocycles. The standard InChI is InChI=1S/C21H19Cl3N2O2/c1-13(15-8-7-14(22)11-18(15)24)26(2)21(27)10-9-20-25-12-19(28-20)16-5-3-4-6-17(16)23/h3-8,11-13H,9-10H2,1-2H3/t13-/m1/s1. The zero-order valence-electron chi connectivity index (χ0n) is 15.5. The minimum atomic E-state index is -0.180. The highest BCUT2D eigenvalue weighted by Crippen LogP contribution is 2.30. The highest BCUT2D eigenvalue weighted by atomic mass is 35.5. The van der Waals surface area contributed by atoms with Crippen LogP contribution in [0.3, 0.4) is 0 Å². The second kappa shape index (κ2) is 8.99. The summed E-state index contributed by atoms with van der Waals surface area (Å²) >= 11 is 18.4. The molecule has 3 aromatic rings. The minimum Gasteiger partial charge on any atom is -0.441 e. The third-order valence-corrected chi connectivity index (χ3v) is 5.52. The van der Waals surface area contributed by atoms with E-state index in [2.05, 4.69) is 4.98 Å². The lowest BCUT2D eigenvalue weighted by Gasteiger charge is -2.26. The number of oxazole rings is 1. The Morgan fingerprint density at radius 2 is 1.89 bits per heavy atom. The number of aryl methyl sites for hydroxylation is 1. The molecule has 0 radical (unpaired) electrons. The van der Waals surface area contributed by atoms with Crippen molar-refractivity contribution < 1.29 is 9.21 Å². The van der Waals surface area contributed by atoms with Crippen molar-refractivity contribution in [3.63, 3.8) is 0 Å². The van der Waals surface area contributed by atoms with Gasteiger partial charge in [0.1, 0.15) is 0 Å². The van der Waals surface area contributed by atoms with Crippen molar-refractivity contribution in [2.75, 3.05) is 7.05 Å². The van der Waals surface area contributed by atoms with E-state index in [1.807, 2.05) is 31.2 Å². The lowest BCUT2D eigenvalue weighted by atomic mass is 10.1. The Balaban J connectivity index is 1.63. The Bertz CT molecular complexity index is 987. The molecule has 0 saturated heterocycles. The molecule has 1 amide bonds. The number of rotatable bonds is 6. The Hall–Kier alpha value is -2.01. The molecule has 1 atom stereocenters. The largest absolute Gasteiger partial charge is 0.441 e. The van der Waals surface area contributed by atoms with Gasteiger partial charge in [-0.15, -0.1) is 0 Å². The molecule has 0 spiro atoms. The van der Waals surface area contributed by atoms with E-state index in [4.69, 9.17) is 39.2 Å². The molecule has 0 saturated carbocycles. The lowest BCUT2D eigenvalue weighted by Crippen LogP contribution is -2.30. The van der Waals surface area contributed by atoms with Crippen molar-refractivity contribution in [3.05, 3.63) is 75.2 Å². The first-order chi connectivity index (χ1) is 13.4. The van der Waals surface area contributed by atoms with Crippen LogP contribution in [0.15, 0.2) is 53.1 Å². The molecule has 28 heavy (non-hydrogen) atoms. The van der Waals surface area contributed by atoms with Crippen LogP contribution in [0, 0.1) is 0 Å². The number of halogens is 3. The fourth-order valence-corrected chi connectivity index (χ4v) is 3.66. The zero-order chi connectivity index (χ0) is 20.3. The highest BCUT2D eigenvalue weighted by molar-refractivity contribution is 6.35. The summed E-state index contributed by atoms with van der Waals surface area (Å²) in [5, 5.41) is 1.69. The van der Waals surface area contributed by atoms with Gasteiger partial charge in [0.05, 0.1) is 17.3 Å². The Labute approximate surface area is 179 Å². The Morgan fingerprint density at radius 3 is 2.61 bits per heavy atom. The molecule has 0 aliphatic heterocycles. The summed E-state index contributed by atoms with van der Waals surface area (Å²) in [6.07, 6.45) is 2.30. The Morgan fingerprint density at radius 1 is 1.14 bits per heavy atom. The Kier molecular flexibility index (Phi) is 6.65. The first-order valence-electron chi connectivity index (χ1n) is 8.77. The van der Waals surface area contributed by atoms with Crippen LogP contribution in [-0.2, 0) is 11.2 Å². The molecular weight excluding hydrogens is 419 g/mol. The van der Waals surface area contributed by atoms with Crippen LogP contribution < -0.4 is 0 Å². The topological polar surface area (TPSA) is 46.3 Å². The molecule has 2 aromatic carbocycles. The fraction of sp³-hybridized carbons (Fsp3) is 0.238. The molecule has 0 N–H and O–H groups in total. The molecule has 3 rings (SSSR count). The number of aromatic nitrogens is 1. The third kappa shape index (κ3) is 4.69. The third-order valence-electron chi connectivity index (χ3n) is 4.63. The average molecular weight is 438 g/mol. The van der Waals surface area contributed by atoms with Gasteiger partial charge in [0, 0.05) is 35.5 Å². The second-order valence-corrected chi connectivity index (χ2v) is 7.70. The number of nitrogens with zero attached hydrogens (tertiary/aromatic N) is 2. The van der Waals surface area contributed by atoms with Gasteiger partial charge in [0.2, 0.25) is 5.91 Å². The number of benzene rings is 2. The lowest BCUT2D eigenvalue weighted by molar-refractivity contribution is -0.131. The van der Waals surface area contributed by atoms with Gasteiger partial charge in [0.15, 0.2) is 11.7 Å². The molecule has 7 heteroatoms. The van der Waals surface area contributed by atoms with Crippen LogP contribution in [0.4, 0.5) is 0 Å². The van der Waals surface area contributed by atoms with Gasteiger partial charge in [-0.2, -0.15) is 0 Å². The molecule has 0 aliphatic carbocycles. The quantitative estimate of drug-likeness (QED) is 0.445. The minimum absolute atomic E-state index is 0.0315. The molecular formula is C21H19Cl3N2O2. The summed E-state index contributed by atoms with van der Waals surface area (Å²) < 4.78 is 5.76. The first-order valence-corrected chi connectivity index (χ1v) is 9.90. The normalized spacial score (nSPS) is 12.0. The summed E-state index contributed by atoms with van der Waals surface area (Å²) in [6, 6.07) is 12.5. The summed E-state index contributed by atoms with van der Waals surface area (Å²) in [4.78, 5) is 18.5. The van der Waals surface area contributed by atoms with Crippen LogP contribution in [0.5, 0.6) is 0 Å². The van der Waals surface area contributed by atoms with E-state index >= 15 is 0 Å². The zero-order valence-corrected chi connectivity index (χ0v) is 17.7. The van der Waals surface area contributed by atoms with Gasteiger partial charge in [0.25, 0.3) is 0 Å². The summed E-state index contributed by atoms with van der Waals surface area (Å²) in [7, 11) is 1.75. The smallest absolute Gasteiger partial charge is 0.223 e. The molecule has 1 heterocycles. The summed E-state index contributed by atoms with van der Waals surface area (Å²) in [5.41, 5.74) is 1.62. The molecule has 0 unspecified atom stereocenters. The number of carbonyl (C=O) groups excluding carboxylic acids is 1. The maximum absolute atomic E-state index is 12.6. The van der Waals surface area contributed by atoms with Crippen LogP contribution in [0.2, 0.25) is 15.1 Å². The van der Waals surface area contributed by atoms with E-state index in [-0.39, 0.29) is 18.4 Å². The van der Waals surface area contributed by atoms with Gasteiger partial charge >= 0.3 is 0 Å². The van der Waals surface area contributed by atoms with E-state index in [0.717, 1.165) is 11.1 Å². The fourth-order valence-electron chi connectivity index (χ4n) is 2.87. The molecule has 0 aliphatic rings.